The Kier molecular flexibility index (Phi) is 3.69. The number of esters is 1. The highest BCUT2D eigenvalue weighted by Crippen LogP contribution is 2.29. The fourth-order valence-corrected chi connectivity index (χ4v) is 3.15. The molecular formula is C15H16N2O2S. The maximum Gasteiger partial charge on any atom is 0.360 e. The number of rotatable bonds is 4. The van der Waals surface area contributed by atoms with Crippen LogP contribution < -0.4 is 5.32 Å². The normalized spacial score (nSPS) is 13.1. The van der Waals surface area contributed by atoms with Gasteiger partial charge in [0, 0.05) is 5.69 Å². The Bertz CT molecular complexity index is 637. The van der Waals surface area contributed by atoms with E-state index in [1.165, 1.54) is 35.3 Å². The van der Waals surface area contributed by atoms with Gasteiger partial charge in [-0.1, -0.05) is 6.07 Å². The van der Waals surface area contributed by atoms with Crippen LogP contribution in [-0.4, -0.2) is 17.6 Å². The van der Waals surface area contributed by atoms with Gasteiger partial charge in [-0.3, -0.25) is 0 Å². The molecule has 0 atom stereocenters. The maximum absolute atomic E-state index is 11.8. The number of nitrogens with zero attached hydrogens (tertiary/aromatic N) is 1. The Morgan fingerprint density at radius 1 is 1.40 bits per heavy atom. The standard InChI is InChI=1S/C15H16N2O2S/c1-2-19-15(18)13-14(20-9-16-13)17-12-7-6-10-4-3-5-11(10)8-12/h6-9,17H,2-5H2,1H3. The fraction of sp³-hybridized carbons (Fsp3) is 0.333. The summed E-state index contributed by atoms with van der Waals surface area (Å²) < 4.78 is 5.00. The summed E-state index contributed by atoms with van der Waals surface area (Å²) in [6, 6.07) is 6.38. The minimum atomic E-state index is -0.377. The van der Waals surface area contributed by atoms with Gasteiger partial charge in [-0.15, -0.1) is 11.3 Å². The van der Waals surface area contributed by atoms with Gasteiger partial charge in [0.1, 0.15) is 5.00 Å². The van der Waals surface area contributed by atoms with Gasteiger partial charge < -0.3 is 10.1 Å². The summed E-state index contributed by atoms with van der Waals surface area (Å²) in [6.07, 6.45) is 3.54. The predicted molar refractivity (Wildman–Crippen MR) is 79.8 cm³/mol. The molecule has 3 rings (SSSR count). The zero-order valence-corrected chi connectivity index (χ0v) is 12.1. The van der Waals surface area contributed by atoms with Crippen molar-refractivity contribution in [3.8, 4) is 0 Å². The van der Waals surface area contributed by atoms with E-state index in [0.717, 1.165) is 17.1 Å². The summed E-state index contributed by atoms with van der Waals surface area (Å²) in [6.45, 7) is 2.15. The molecule has 0 bridgehead atoms. The first-order chi connectivity index (χ1) is 9.78. The third-order valence-corrected chi connectivity index (χ3v) is 4.13. The topological polar surface area (TPSA) is 51.2 Å². The molecule has 1 aromatic carbocycles. The number of thiazole rings is 1. The Hall–Kier alpha value is -1.88. The predicted octanol–water partition coefficient (Wildman–Crippen LogP) is 3.55. The van der Waals surface area contributed by atoms with Crippen LogP contribution in [0.1, 0.15) is 35.0 Å². The van der Waals surface area contributed by atoms with E-state index < -0.39 is 0 Å². The average Bonchev–Trinajstić information content (AvgIpc) is 3.07. The van der Waals surface area contributed by atoms with Crippen LogP contribution in [0.5, 0.6) is 0 Å². The molecule has 2 aromatic rings. The van der Waals surface area contributed by atoms with Crippen LogP contribution in [0.2, 0.25) is 0 Å². The van der Waals surface area contributed by atoms with E-state index in [2.05, 4.69) is 28.5 Å². The van der Waals surface area contributed by atoms with Gasteiger partial charge in [0.25, 0.3) is 0 Å². The van der Waals surface area contributed by atoms with Gasteiger partial charge in [-0.2, -0.15) is 0 Å². The molecule has 0 aliphatic heterocycles. The third kappa shape index (κ3) is 2.54. The van der Waals surface area contributed by atoms with Gasteiger partial charge in [0.05, 0.1) is 12.1 Å². The van der Waals surface area contributed by atoms with Crippen LogP contribution in [0.25, 0.3) is 0 Å². The summed E-state index contributed by atoms with van der Waals surface area (Å²) in [5.41, 5.74) is 5.85. The van der Waals surface area contributed by atoms with Gasteiger partial charge >= 0.3 is 5.97 Å². The van der Waals surface area contributed by atoms with Crippen molar-refractivity contribution in [2.75, 3.05) is 11.9 Å². The lowest BCUT2D eigenvalue weighted by molar-refractivity contribution is 0.0521. The molecule has 0 saturated carbocycles. The highest BCUT2D eigenvalue weighted by Gasteiger charge is 2.17. The number of carbonyl (C=O) groups is 1. The molecule has 1 aliphatic carbocycles. The van der Waals surface area contributed by atoms with E-state index in [1.807, 2.05) is 0 Å². The number of hydrogen-bond donors (Lipinski definition) is 1. The van der Waals surface area contributed by atoms with Crippen molar-refractivity contribution in [3.05, 3.63) is 40.5 Å². The molecule has 0 saturated heterocycles. The van der Waals surface area contributed by atoms with E-state index in [-0.39, 0.29) is 5.97 Å². The molecule has 5 heteroatoms. The lowest BCUT2D eigenvalue weighted by atomic mass is 10.1. The second-order valence-electron chi connectivity index (χ2n) is 4.71. The molecule has 20 heavy (non-hydrogen) atoms. The monoisotopic (exact) mass is 288 g/mol. The SMILES string of the molecule is CCOC(=O)c1ncsc1Nc1ccc2c(c1)CCC2. The van der Waals surface area contributed by atoms with Gasteiger partial charge in [-0.25, -0.2) is 9.78 Å². The minimum absolute atomic E-state index is 0.356. The quantitative estimate of drug-likeness (QED) is 0.874. The molecule has 0 unspecified atom stereocenters. The number of fused-ring (bicyclic) bond motifs is 1. The number of ether oxygens (including phenoxy) is 1. The zero-order valence-electron chi connectivity index (χ0n) is 11.3. The highest BCUT2D eigenvalue weighted by atomic mass is 32.1. The number of aromatic nitrogens is 1. The molecule has 0 radical (unpaired) electrons. The van der Waals surface area contributed by atoms with Crippen LogP contribution in [-0.2, 0) is 17.6 Å². The summed E-state index contributed by atoms with van der Waals surface area (Å²) in [4.78, 5) is 15.9. The zero-order chi connectivity index (χ0) is 13.9. The Balaban J connectivity index is 1.81. The summed E-state index contributed by atoms with van der Waals surface area (Å²) in [7, 11) is 0. The van der Waals surface area contributed by atoms with Gasteiger partial charge in [0.15, 0.2) is 5.69 Å². The van der Waals surface area contributed by atoms with Crippen LogP contribution >= 0.6 is 11.3 Å². The van der Waals surface area contributed by atoms with E-state index in [1.54, 1.807) is 12.4 Å². The fourth-order valence-electron chi connectivity index (χ4n) is 2.46. The average molecular weight is 288 g/mol. The van der Waals surface area contributed by atoms with Crippen molar-refractivity contribution in [3.63, 3.8) is 0 Å². The number of benzene rings is 1. The molecule has 4 nitrogen and oxygen atoms in total. The number of hydrogen-bond acceptors (Lipinski definition) is 5. The van der Waals surface area contributed by atoms with Crippen molar-refractivity contribution in [2.45, 2.75) is 26.2 Å². The second-order valence-corrected chi connectivity index (χ2v) is 5.57. The number of anilines is 2. The first-order valence-corrected chi connectivity index (χ1v) is 7.65. The molecule has 1 aromatic heterocycles. The molecular weight excluding hydrogens is 272 g/mol. The molecule has 0 spiro atoms. The Morgan fingerprint density at radius 2 is 2.25 bits per heavy atom. The van der Waals surface area contributed by atoms with Crippen molar-refractivity contribution >= 4 is 28.0 Å². The molecule has 1 N–H and O–H groups in total. The van der Waals surface area contributed by atoms with Crippen molar-refractivity contribution < 1.29 is 9.53 Å². The van der Waals surface area contributed by atoms with Crippen LogP contribution in [0.3, 0.4) is 0 Å². The summed E-state index contributed by atoms with van der Waals surface area (Å²) >= 11 is 1.41. The lowest BCUT2D eigenvalue weighted by Gasteiger charge is -2.08. The van der Waals surface area contributed by atoms with E-state index >= 15 is 0 Å². The van der Waals surface area contributed by atoms with Crippen molar-refractivity contribution in [1.29, 1.82) is 0 Å². The lowest BCUT2D eigenvalue weighted by Crippen LogP contribution is -2.07. The van der Waals surface area contributed by atoms with Gasteiger partial charge in [0.2, 0.25) is 0 Å². The smallest absolute Gasteiger partial charge is 0.360 e. The Morgan fingerprint density at radius 3 is 3.10 bits per heavy atom. The molecule has 0 fully saturated rings. The first kappa shape index (κ1) is 13.1. The van der Waals surface area contributed by atoms with E-state index in [9.17, 15) is 4.79 Å². The summed E-state index contributed by atoms with van der Waals surface area (Å²) in [5.74, 6) is -0.377. The van der Waals surface area contributed by atoms with Crippen molar-refractivity contribution in [2.24, 2.45) is 0 Å². The maximum atomic E-state index is 11.8. The molecule has 104 valence electrons. The highest BCUT2D eigenvalue weighted by molar-refractivity contribution is 7.14. The second kappa shape index (κ2) is 5.63. The molecule has 0 amide bonds. The van der Waals surface area contributed by atoms with E-state index in [0.29, 0.717) is 12.3 Å². The molecule has 1 heterocycles. The third-order valence-electron chi connectivity index (χ3n) is 3.39. The van der Waals surface area contributed by atoms with Crippen molar-refractivity contribution in [1.82, 2.24) is 4.98 Å². The first-order valence-electron chi connectivity index (χ1n) is 6.77. The summed E-state index contributed by atoms with van der Waals surface area (Å²) in [5, 5.41) is 4.01. The largest absolute Gasteiger partial charge is 0.461 e. The van der Waals surface area contributed by atoms with Crippen LogP contribution in [0, 0.1) is 0 Å². The van der Waals surface area contributed by atoms with Crippen LogP contribution in [0.4, 0.5) is 10.7 Å². The van der Waals surface area contributed by atoms with Crippen LogP contribution in [0.15, 0.2) is 23.7 Å². The Labute approximate surface area is 121 Å². The number of carbonyl (C=O) groups excluding carboxylic acids is 1. The molecule has 1 aliphatic rings. The van der Waals surface area contributed by atoms with E-state index in [4.69, 9.17) is 4.74 Å². The minimum Gasteiger partial charge on any atom is -0.461 e. The number of nitrogens with one attached hydrogen (secondary N) is 1. The van der Waals surface area contributed by atoms with Gasteiger partial charge in [-0.05, 0) is 49.4 Å². The number of aryl methyl sites for hydroxylation is 2.